The minimum absolute atomic E-state index is 0.502. The highest BCUT2D eigenvalue weighted by Crippen LogP contribution is 2.32. The first-order chi connectivity index (χ1) is 8.65. The van der Waals surface area contributed by atoms with Crippen molar-refractivity contribution in [1.29, 1.82) is 0 Å². The zero-order valence-corrected chi connectivity index (χ0v) is 11.3. The summed E-state index contributed by atoms with van der Waals surface area (Å²) in [6.45, 7) is 0. The normalized spacial score (nSPS) is 14.2. The van der Waals surface area contributed by atoms with E-state index in [0.717, 1.165) is 5.56 Å². The SMILES string of the molecule is NC1=Nn2c(nnc2-c2ccc(Cl)cc2Cl)SC1. The minimum Gasteiger partial charge on any atom is -0.385 e. The number of thioether (sulfide) groups is 1. The van der Waals surface area contributed by atoms with E-state index in [9.17, 15) is 0 Å². The number of benzene rings is 1. The predicted molar refractivity (Wildman–Crippen MR) is 73.2 cm³/mol. The van der Waals surface area contributed by atoms with E-state index in [1.807, 2.05) is 0 Å². The Bertz CT molecular complexity index is 652. The quantitative estimate of drug-likeness (QED) is 0.878. The number of amidine groups is 1. The molecule has 2 N–H and O–H groups in total. The number of aromatic nitrogens is 3. The molecule has 0 bridgehead atoms. The molecule has 2 heterocycles. The monoisotopic (exact) mass is 299 g/mol. The van der Waals surface area contributed by atoms with Gasteiger partial charge in [0.1, 0.15) is 5.84 Å². The molecule has 8 heteroatoms. The van der Waals surface area contributed by atoms with E-state index in [2.05, 4.69) is 15.3 Å². The Morgan fingerprint density at radius 1 is 1.28 bits per heavy atom. The molecule has 1 aromatic heterocycles. The van der Waals surface area contributed by atoms with Gasteiger partial charge in [0.15, 0.2) is 5.82 Å². The van der Waals surface area contributed by atoms with Crippen molar-refractivity contribution < 1.29 is 0 Å². The topological polar surface area (TPSA) is 69.1 Å². The predicted octanol–water partition coefficient (Wildman–Crippen LogP) is 2.48. The smallest absolute Gasteiger partial charge is 0.212 e. The maximum absolute atomic E-state index is 6.15. The van der Waals surface area contributed by atoms with E-state index in [1.165, 1.54) is 11.8 Å². The summed E-state index contributed by atoms with van der Waals surface area (Å²) in [6.07, 6.45) is 0. The van der Waals surface area contributed by atoms with Gasteiger partial charge in [-0.05, 0) is 18.2 Å². The highest BCUT2D eigenvalue weighted by molar-refractivity contribution is 7.99. The molecule has 1 aliphatic rings. The van der Waals surface area contributed by atoms with Crippen molar-refractivity contribution in [2.75, 3.05) is 5.75 Å². The lowest BCUT2D eigenvalue weighted by Crippen LogP contribution is -2.20. The van der Waals surface area contributed by atoms with Crippen LogP contribution in [0, 0.1) is 0 Å². The number of fused-ring (bicyclic) bond motifs is 1. The Kier molecular flexibility index (Phi) is 2.93. The molecule has 0 spiro atoms. The van der Waals surface area contributed by atoms with Crippen LogP contribution in [0.15, 0.2) is 28.5 Å². The third-order valence-corrected chi connectivity index (χ3v) is 3.86. The average molecular weight is 300 g/mol. The van der Waals surface area contributed by atoms with Crippen LogP contribution in [0.3, 0.4) is 0 Å². The molecule has 0 unspecified atom stereocenters. The first-order valence-electron chi connectivity index (χ1n) is 5.02. The Labute approximate surface area is 117 Å². The van der Waals surface area contributed by atoms with Crippen molar-refractivity contribution >= 4 is 40.8 Å². The van der Waals surface area contributed by atoms with Crippen molar-refractivity contribution in [2.24, 2.45) is 10.8 Å². The Balaban J connectivity index is 2.17. The molecule has 0 fully saturated rings. The molecule has 18 heavy (non-hydrogen) atoms. The van der Waals surface area contributed by atoms with Crippen LogP contribution < -0.4 is 5.73 Å². The zero-order valence-electron chi connectivity index (χ0n) is 8.97. The molecule has 1 aromatic carbocycles. The van der Waals surface area contributed by atoms with E-state index in [-0.39, 0.29) is 0 Å². The lowest BCUT2D eigenvalue weighted by Gasteiger charge is -2.10. The van der Waals surface area contributed by atoms with Crippen molar-refractivity contribution in [3.63, 3.8) is 0 Å². The molecule has 0 amide bonds. The van der Waals surface area contributed by atoms with Gasteiger partial charge in [0.2, 0.25) is 5.16 Å². The second-order valence-electron chi connectivity index (χ2n) is 3.62. The number of rotatable bonds is 1. The zero-order chi connectivity index (χ0) is 12.7. The van der Waals surface area contributed by atoms with Crippen LogP contribution in [-0.4, -0.2) is 26.5 Å². The van der Waals surface area contributed by atoms with E-state index in [1.54, 1.807) is 22.9 Å². The van der Waals surface area contributed by atoms with Crippen LogP contribution in [0.1, 0.15) is 0 Å². The summed E-state index contributed by atoms with van der Waals surface area (Å²) in [5, 5.41) is 14.1. The third-order valence-electron chi connectivity index (χ3n) is 2.36. The van der Waals surface area contributed by atoms with E-state index >= 15 is 0 Å². The highest BCUT2D eigenvalue weighted by Gasteiger charge is 2.20. The number of nitrogens with two attached hydrogens (primary N) is 1. The second kappa shape index (κ2) is 4.46. The van der Waals surface area contributed by atoms with Gasteiger partial charge in [-0.2, -0.15) is 9.78 Å². The molecule has 0 aliphatic carbocycles. The average Bonchev–Trinajstić information content (AvgIpc) is 2.72. The summed E-state index contributed by atoms with van der Waals surface area (Å²) < 4.78 is 1.60. The fraction of sp³-hybridized carbons (Fsp3) is 0.100. The summed E-state index contributed by atoms with van der Waals surface area (Å²) in [4.78, 5) is 0. The molecule has 2 aromatic rings. The first kappa shape index (κ1) is 11.8. The lowest BCUT2D eigenvalue weighted by atomic mass is 10.2. The van der Waals surface area contributed by atoms with Gasteiger partial charge in [0.25, 0.3) is 0 Å². The molecule has 0 saturated carbocycles. The molecule has 3 rings (SSSR count). The maximum Gasteiger partial charge on any atom is 0.212 e. The molecule has 1 aliphatic heterocycles. The van der Waals surface area contributed by atoms with E-state index in [0.29, 0.717) is 32.6 Å². The second-order valence-corrected chi connectivity index (χ2v) is 5.41. The molecule has 5 nitrogen and oxygen atoms in total. The van der Waals surface area contributed by atoms with E-state index < -0.39 is 0 Å². The summed E-state index contributed by atoms with van der Waals surface area (Å²) in [7, 11) is 0. The van der Waals surface area contributed by atoms with Gasteiger partial charge < -0.3 is 5.73 Å². The summed E-state index contributed by atoms with van der Waals surface area (Å²) in [5.41, 5.74) is 6.44. The standard InChI is InChI=1S/C10H7Cl2N5S/c11-5-1-2-6(7(12)3-5)9-14-15-10-17(9)16-8(13)4-18-10/h1-3H,4H2,(H2,13,16). The number of halogens is 2. The van der Waals surface area contributed by atoms with Crippen LogP contribution in [0.4, 0.5) is 0 Å². The van der Waals surface area contributed by atoms with Gasteiger partial charge in [0, 0.05) is 10.6 Å². The van der Waals surface area contributed by atoms with Gasteiger partial charge >= 0.3 is 0 Å². The lowest BCUT2D eigenvalue weighted by molar-refractivity contribution is 0.760. The Morgan fingerprint density at radius 2 is 2.11 bits per heavy atom. The van der Waals surface area contributed by atoms with E-state index in [4.69, 9.17) is 28.9 Å². The van der Waals surface area contributed by atoms with Crippen LogP contribution in [0.2, 0.25) is 10.0 Å². The molecule has 0 atom stereocenters. The van der Waals surface area contributed by atoms with Crippen LogP contribution in [0.25, 0.3) is 11.4 Å². The fourth-order valence-electron chi connectivity index (χ4n) is 1.58. The summed E-state index contributed by atoms with van der Waals surface area (Å²) >= 11 is 13.5. The van der Waals surface area contributed by atoms with Gasteiger partial charge in [0.05, 0.1) is 10.8 Å². The van der Waals surface area contributed by atoms with Crippen molar-refractivity contribution in [3.05, 3.63) is 28.2 Å². The molecular formula is C10H7Cl2N5S. The number of hydrogen-bond acceptors (Lipinski definition) is 5. The maximum atomic E-state index is 6.15. The summed E-state index contributed by atoms with van der Waals surface area (Å²) in [5.74, 6) is 1.70. The van der Waals surface area contributed by atoms with Crippen LogP contribution in [-0.2, 0) is 0 Å². The van der Waals surface area contributed by atoms with Gasteiger partial charge in [-0.15, -0.1) is 10.2 Å². The van der Waals surface area contributed by atoms with Gasteiger partial charge in [-0.3, -0.25) is 0 Å². The summed E-state index contributed by atoms with van der Waals surface area (Å²) in [6, 6.07) is 5.18. The highest BCUT2D eigenvalue weighted by atomic mass is 35.5. The molecular weight excluding hydrogens is 293 g/mol. The molecule has 0 saturated heterocycles. The third kappa shape index (κ3) is 1.96. The minimum atomic E-state index is 0.502. The molecule has 0 radical (unpaired) electrons. The fourth-order valence-corrected chi connectivity index (χ4v) is 2.76. The van der Waals surface area contributed by atoms with Gasteiger partial charge in [-0.1, -0.05) is 35.0 Å². The van der Waals surface area contributed by atoms with Gasteiger partial charge in [-0.25, -0.2) is 0 Å². The van der Waals surface area contributed by atoms with Crippen molar-refractivity contribution in [3.8, 4) is 11.4 Å². The Morgan fingerprint density at radius 3 is 2.89 bits per heavy atom. The largest absolute Gasteiger partial charge is 0.385 e. The number of nitrogens with zero attached hydrogens (tertiary/aromatic N) is 4. The van der Waals surface area contributed by atoms with Crippen molar-refractivity contribution in [2.45, 2.75) is 5.16 Å². The number of hydrogen-bond donors (Lipinski definition) is 1. The molecule has 92 valence electrons. The van der Waals surface area contributed by atoms with Crippen molar-refractivity contribution in [1.82, 2.24) is 14.9 Å². The van der Waals surface area contributed by atoms with Crippen LogP contribution >= 0.6 is 35.0 Å². The van der Waals surface area contributed by atoms with Crippen LogP contribution in [0.5, 0.6) is 0 Å². The Hall–Kier alpha value is -1.24. The first-order valence-corrected chi connectivity index (χ1v) is 6.76.